The molecule has 2 N–H and O–H groups in total. The van der Waals surface area contributed by atoms with E-state index in [2.05, 4.69) is 41.5 Å². The Hall–Kier alpha value is -1.49. The molecule has 1 aromatic rings. The van der Waals surface area contributed by atoms with Gasteiger partial charge in [0.25, 0.3) is 0 Å². The van der Waals surface area contributed by atoms with E-state index in [1.807, 2.05) is 12.1 Å². The lowest BCUT2D eigenvalue weighted by atomic mass is 10.3. The highest BCUT2D eigenvalue weighted by molar-refractivity contribution is 5.79. The van der Waals surface area contributed by atoms with Gasteiger partial charge in [0.05, 0.1) is 6.26 Å². The summed E-state index contributed by atoms with van der Waals surface area (Å²) in [5.41, 5.74) is 0. The van der Waals surface area contributed by atoms with Gasteiger partial charge in [0.2, 0.25) is 0 Å². The van der Waals surface area contributed by atoms with E-state index in [1.54, 1.807) is 6.26 Å². The summed E-state index contributed by atoms with van der Waals surface area (Å²) in [6.45, 7) is 5.68. The van der Waals surface area contributed by atoms with Crippen LogP contribution in [0.5, 0.6) is 0 Å². The molecule has 0 amide bonds. The molecule has 1 aromatic heterocycles. The number of nitrogens with one attached hydrogen (secondary N) is 2. The first-order valence-corrected chi connectivity index (χ1v) is 6.91. The average molecular weight is 266 g/mol. The Kier molecular flexibility index (Phi) is 7.74. The van der Waals surface area contributed by atoms with Crippen molar-refractivity contribution in [2.45, 2.75) is 19.8 Å². The first-order valence-electron chi connectivity index (χ1n) is 6.91. The predicted octanol–water partition coefficient (Wildman–Crippen LogP) is 1.33. The molecule has 0 aliphatic heterocycles. The van der Waals surface area contributed by atoms with Gasteiger partial charge in [-0.15, -0.1) is 0 Å². The molecule has 1 heterocycles. The second-order valence-corrected chi connectivity index (χ2v) is 4.67. The predicted molar refractivity (Wildman–Crippen MR) is 79.6 cm³/mol. The largest absolute Gasteiger partial charge is 0.469 e. The molecular formula is C14H26N4O. The van der Waals surface area contributed by atoms with Crippen molar-refractivity contribution in [1.29, 1.82) is 0 Å². The molecule has 5 heteroatoms. The van der Waals surface area contributed by atoms with Crippen LogP contribution in [0.3, 0.4) is 0 Å². The van der Waals surface area contributed by atoms with E-state index in [0.717, 1.165) is 50.7 Å². The van der Waals surface area contributed by atoms with Crippen LogP contribution >= 0.6 is 0 Å². The van der Waals surface area contributed by atoms with Crippen LogP contribution in [0.1, 0.15) is 19.1 Å². The minimum absolute atomic E-state index is 0.826. The number of aliphatic imine (C=N–C) groups is 1. The molecule has 0 atom stereocenters. The zero-order chi connectivity index (χ0) is 13.9. The summed E-state index contributed by atoms with van der Waals surface area (Å²) in [7, 11) is 4.16. The van der Waals surface area contributed by atoms with E-state index >= 15 is 0 Å². The van der Waals surface area contributed by atoms with Gasteiger partial charge in [-0.25, -0.2) is 0 Å². The molecule has 0 bridgehead atoms. The molecule has 0 saturated heterocycles. The van der Waals surface area contributed by atoms with E-state index in [0.29, 0.717) is 0 Å². The van der Waals surface area contributed by atoms with Crippen LogP contribution < -0.4 is 10.6 Å². The quantitative estimate of drug-likeness (QED) is 0.423. The molecule has 108 valence electrons. The number of nitrogens with zero attached hydrogens (tertiary/aromatic N) is 2. The summed E-state index contributed by atoms with van der Waals surface area (Å²) in [4.78, 5) is 6.71. The fourth-order valence-electron chi connectivity index (χ4n) is 1.68. The van der Waals surface area contributed by atoms with Gasteiger partial charge in [0.15, 0.2) is 5.96 Å². The molecule has 0 saturated carbocycles. The van der Waals surface area contributed by atoms with E-state index in [-0.39, 0.29) is 0 Å². The molecule has 0 radical (unpaired) electrons. The van der Waals surface area contributed by atoms with Crippen molar-refractivity contribution in [3.8, 4) is 0 Å². The Morgan fingerprint density at radius 3 is 2.84 bits per heavy atom. The van der Waals surface area contributed by atoms with Crippen LogP contribution in [0.15, 0.2) is 27.8 Å². The molecule has 0 aromatic carbocycles. The number of guanidine groups is 1. The highest BCUT2D eigenvalue weighted by Crippen LogP contribution is 1.99. The van der Waals surface area contributed by atoms with E-state index < -0.39 is 0 Å². The van der Waals surface area contributed by atoms with Crippen LogP contribution in [-0.4, -0.2) is 51.1 Å². The maximum atomic E-state index is 5.29. The molecular weight excluding hydrogens is 240 g/mol. The van der Waals surface area contributed by atoms with Crippen LogP contribution in [-0.2, 0) is 6.42 Å². The van der Waals surface area contributed by atoms with Gasteiger partial charge in [-0.2, -0.15) is 0 Å². The number of furan rings is 1. The van der Waals surface area contributed by atoms with Gasteiger partial charge in [0.1, 0.15) is 5.76 Å². The third kappa shape index (κ3) is 7.51. The lowest BCUT2D eigenvalue weighted by molar-refractivity contribution is 0.403. The van der Waals surface area contributed by atoms with Crippen molar-refractivity contribution in [2.75, 3.05) is 40.3 Å². The number of hydrogen-bond acceptors (Lipinski definition) is 3. The minimum Gasteiger partial charge on any atom is -0.469 e. The highest BCUT2D eigenvalue weighted by atomic mass is 16.3. The Bertz CT molecular complexity index is 346. The Labute approximate surface area is 116 Å². The maximum absolute atomic E-state index is 5.29. The van der Waals surface area contributed by atoms with Crippen LogP contribution in [0, 0.1) is 0 Å². The lowest BCUT2D eigenvalue weighted by Crippen LogP contribution is -2.38. The molecule has 19 heavy (non-hydrogen) atoms. The second kappa shape index (κ2) is 9.44. The third-order valence-corrected chi connectivity index (χ3v) is 2.62. The van der Waals surface area contributed by atoms with Crippen molar-refractivity contribution < 1.29 is 4.42 Å². The van der Waals surface area contributed by atoms with Gasteiger partial charge >= 0.3 is 0 Å². The van der Waals surface area contributed by atoms with Crippen molar-refractivity contribution in [2.24, 2.45) is 4.99 Å². The fraction of sp³-hybridized carbons (Fsp3) is 0.643. The normalized spacial score (nSPS) is 11.9. The second-order valence-electron chi connectivity index (χ2n) is 4.67. The molecule has 0 aliphatic rings. The summed E-state index contributed by atoms with van der Waals surface area (Å²) in [6, 6.07) is 3.90. The van der Waals surface area contributed by atoms with Gasteiger partial charge in [-0.3, -0.25) is 4.99 Å². The van der Waals surface area contributed by atoms with E-state index in [4.69, 9.17) is 4.42 Å². The van der Waals surface area contributed by atoms with Crippen LogP contribution in [0.25, 0.3) is 0 Å². The summed E-state index contributed by atoms with van der Waals surface area (Å²) in [6.07, 6.45) is 3.65. The zero-order valence-corrected chi connectivity index (χ0v) is 12.3. The van der Waals surface area contributed by atoms with Crippen molar-refractivity contribution in [1.82, 2.24) is 15.5 Å². The number of rotatable bonds is 8. The average Bonchev–Trinajstić information content (AvgIpc) is 2.87. The van der Waals surface area contributed by atoms with Crippen molar-refractivity contribution in [3.05, 3.63) is 24.2 Å². The standard InChI is InChI=1S/C14H26N4O/c1-4-15-14(16-9-6-11-18(2)3)17-10-8-13-7-5-12-19-13/h5,7,12H,4,6,8-11H2,1-3H3,(H2,15,16,17). The van der Waals surface area contributed by atoms with Gasteiger partial charge in [0, 0.05) is 26.1 Å². The Balaban J connectivity index is 2.24. The summed E-state index contributed by atoms with van der Waals surface area (Å²) in [5.74, 6) is 1.88. The first kappa shape index (κ1) is 15.6. The molecule has 0 aliphatic carbocycles. The lowest BCUT2D eigenvalue weighted by Gasteiger charge is -2.11. The van der Waals surface area contributed by atoms with Gasteiger partial charge in [-0.05, 0) is 46.1 Å². The van der Waals surface area contributed by atoms with E-state index in [1.165, 1.54) is 0 Å². The zero-order valence-electron chi connectivity index (χ0n) is 12.3. The molecule has 1 rings (SSSR count). The van der Waals surface area contributed by atoms with Crippen molar-refractivity contribution >= 4 is 5.96 Å². The van der Waals surface area contributed by atoms with Crippen molar-refractivity contribution in [3.63, 3.8) is 0 Å². The number of hydrogen-bond donors (Lipinski definition) is 2. The molecule has 0 fully saturated rings. The summed E-state index contributed by atoms with van der Waals surface area (Å²) < 4.78 is 5.29. The summed E-state index contributed by atoms with van der Waals surface area (Å²) in [5, 5.41) is 6.56. The summed E-state index contributed by atoms with van der Waals surface area (Å²) >= 11 is 0. The Morgan fingerprint density at radius 2 is 2.21 bits per heavy atom. The van der Waals surface area contributed by atoms with Crippen LogP contribution in [0.2, 0.25) is 0 Å². The van der Waals surface area contributed by atoms with Crippen LogP contribution in [0.4, 0.5) is 0 Å². The topological polar surface area (TPSA) is 52.8 Å². The van der Waals surface area contributed by atoms with Gasteiger partial charge < -0.3 is 20.0 Å². The smallest absolute Gasteiger partial charge is 0.191 e. The first-order chi connectivity index (χ1) is 9.22. The molecule has 5 nitrogen and oxygen atoms in total. The Morgan fingerprint density at radius 1 is 1.37 bits per heavy atom. The third-order valence-electron chi connectivity index (χ3n) is 2.62. The fourth-order valence-corrected chi connectivity index (χ4v) is 1.68. The SMILES string of the molecule is CCNC(=NCCCN(C)C)NCCc1ccco1. The molecule has 0 spiro atoms. The maximum Gasteiger partial charge on any atom is 0.191 e. The van der Waals surface area contributed by atoms with Gasteiger partial charge in [-0.1, -0.05) is 0 Å². The highest BCUT2D eigenvalue weighted by Gasteiger charge is 1.99. The van der Waals surface area contributed by atoms with E-state index in [9.17, 15) is 0 Å². The minimum atomic E-state index is 0.826. The monoisotopic (exact) mass is 266 g/mol. The molecule has 0 unspecified atom stereocenters.